The van der Waals surface area contributed by atoms with E-state index in [4.69, 9.17) is 14.5 Å². The molecule has 1 aromatic carbocycles. The van der Waals surface area contributed by atoms with E-state index in [0.717, 1.165) is 44.6 Å². The number of ether oxygens (including phenoxy) is 2. The van der Waals surface area contributed by atoms with Crippen LogP contribution in [-0.4, -0.2) is 40.6 Å². The molecule has 0 bridgehead atoms. The highest BCUT2D eigenvalue weighted by Gasteiger charge is 2.46. The van der Waals surface area contributed by atoms with Crippen LogP contribution in [-0.2, 0) is 0 Å². The SMILES string of the molecule is CCOc1c(OC)cc(Br)cc1[C@H]1[C@@H](c2ccccn2)N=C2SC[C@@H](CC)N21. The Labute approximate surface area is 178 Å². The summed E-state index contributed by atoms with van der Waals surface area (Å²) in [4.78, 5) is 12.2. The average molecular weight is 462 g/mol. The third-order valence-corrected chi connectivity index (χ3v) is 6.79. The molecule has 1 aromatic heterocycles. The molecule has 3 atom stereocenters. The molecule has 0 N–H and O–H groups in total. The van der Waals surface area contributed by atoms with Crippen LogP contribution >= 0.6 is 27.7 Å². The number of halogens is 1. The topological polar surface area (TPSA) is 47.0 Å². The van der Waals surface area contributed by atoms with E-state index >= 15 is 0 Å². The first-order chi connectivity index (χ1) is 13.7. The van der Waals surface area contributed by atoms with Crippen molar-refractivity contribution in [1.29, 1.82) is 0 Å². The van der Waals surface area contributed by atoms with Crippen molar-refractivity contribution in [2.75, 3.05) is 19.5 Å². The van der Waals surface area contributed by atoms with Gasteiger partial charge in [0.1, 0.15) is 6.04 Å². The Morgan fingerprint density at radius 3 is 2.82 bits per heavy atom. The lowest BCUT2D eigenvalue weighted by Gasteiger charge is -2.33. The van der Waals surface area contributed by atoms with Crippen LogP contribution in [0.4, 0.5) is 0 Å². The number of benzene rings is 1. The van der Waals surface area contributed by atoms with E-state index in [2.05, 4.69) is 44.9 Å². The smallest absolute Gasteiger partial charge is 0.166 e. The van der Waals surface area contributed by atoms with E-state index in [1.165, 1.54) is 0 Å². The largest absolute Gasteiger partial charge is 0.493 e. The number of nitrogens with zero attached hydrogens (tertiary/aromatic N) is 3. The zero-order chi connectivity index (χ0) is 19.7. The summed E-state index contributed by atoms with van der Waals surface area (Å²) >= 11 is 5.50. The molecular weight excluding hydrogens is 438 g/mol. The third kappa shape index (κ3) is 3.39. The maximum atomic E-state index is 6.08. The normalized spacial score (nSPS) is 23.5. The zero-order valence-electron chi connectivity index (χ0n) is 16.3. The summed E-state index contributed by atoms with van der Waals surface area (Å²) in [6.07, 6.45) is 2.91. The first-order valence-corrected chi connectivity index (χ1v) is 11.4. The minimum absolute atomic E-state index is 0.0257. The Bertz CT molecular complexity index is 877. The van der Waals surface area contributed by atoms with Gasteiger partial charge in [-0.05, 0) is 37.6 Å². The summed E-state index contributed by atoms with van der Waals surface area (Å²) in [7, 11) is 1.68. The van der Waals surface area contributed by atoms with Gasteiger partial charge in [-0.3, -0.25) is 9.98 Å². The van der Waals surface area contributed by atoms with Crippen molar-refractivity contribution in [3.63, 3.8) is 0 Å². The predicted octanol–water partition coefficient (Wildman–Crippen LogP) is 5.23. The van der Waals surface area contributed by atoms with Crippen LogP contribution in [0.25, 0.3) is 0 Å². The number of thioether (sulfide) groups is 1. The molecule has 28 heavy (non-hydrogen) atoms. The number of rotatable bonds is 6. The number of aromatic nitrogens is 1. The van der Waals surface area contributed by atoms with Gasteiger partial charge in [-0.2, -0.15) is 0 Å². The van der Waals surface area contributed by atoms with Crippen LogP contribution in [0, 0.1) is 0 Å². The van der Waals surface area contributed by atoms with Gasteiger partial charge in [-0.1, -0.05) is 40.7 Å². The first-order valence-electron chi connectivity index (χ1n) is 9.58. The molecule has 7 heteroatoms. The molecule has 1 saturated heterocycles. The zero-order valence-corrected chi connectivity index (χ0v) is 18.7. The first kappa shape index (κ1) is 19.6. The van der Waals surface area contributed by atoms with Crippen LogP contribution in [0.1, 0.15) is 43.6 Å². The maximum Gasteiger partial charge on any atom is 0.166 e. The van der Waals surface area contributed by atoms with Gasteiger partial charge < -0.3 is 14.4 Å². The van der Waals surface area contributed by atoms with Gasteiger partial charge in [-0.15, -0.1) is 0 Å². The van der Waals surface area contributed by atoms with E-state index in [9.17, 15) is 0 Å². The fraction of sp³-hybridized carbons (Fsp3) is 0.429. The molecule has 0 spiro atoms. The monoisotopic (exact) mass is 461 g/mol. The average Bonchev–Trinajstić information content (AvgIpc) is 3.28. The van der Waals surface area contributed by atoms with Crippen molar-refractivity contribution in [3.05, 3.63) is 52.3 Å². The number of hydrogen-bond donors (Lipinski definition) is 0. The van der Waals surface area contributed by atoms with Crippen LogP contribution in [0.3, 0.4) is 0 Å². The molecule has 2 aromatic rings. The van der Waals surface area contributed by atoms with Gasteiger partial charge >= 0.3 is 0 Å². The van der Waals surface area contributed by atoms with Crippen molar-refractivity contribution >= 4 is 32.9 Å². The van der Waals surface area contributed by atoms with Gasteiger partial charge in [-0.25, -0.2) is 0 Å². The van der Waals surface area contributed by atoms with E-state index in [0.29, 0.717) is 12.6 Å². The minimum atomic E-state index is -0.0729. The number of amidine groups is 1. The Hall–Kier alpha value is -1.73. The van der Waals surface area contributed by atoms with Crippen LogP contribution in [0.15, 0.2) is 46.0 Å². The highest BCUT2D eigenvalue weighted by molar-refractivity contribution is 9.10. The van der Waals surface area contributed by atoms with Crippen molar-refractivity contribution in [2.45, 2.75) is 38.4 Å². The van der Waals surface area contributed by atoms with Crippen molar-refractivity contribution in [1.82, 2.24) is 9.88 Å². The lowest BCUT2D eigenvalue weighted by molar-refractivity contribution is 0.240. The second kappa shape index (κ2) is 8.33. The molecule has 0 aliphatic carbocycles. The molecule has 0 unspecified atom stereocenters. The van der Waals surface area contributed by atoms with E-state index in [1.54, 1.807) is 7.11 Å². The van der Waals surface area contributed by atoms with Gasteiger partial charge in [0.05, 0.1) is 25.5 Å². The molecule has 2 aliphatic heterocycles. The van der Waals surface area contributed by atoms with Crippen LogP contribution in [0.5, 0.6) is 11.5 Å². The van der Waals surface area contributed by atoms with E-state index < -0.39 is 0 Å². The Morgan fingerprint density at radius 2 is 2.14 bits per heavy atom. The highest BCUT2D eigenvalue weighted by Crippen LogP contribution is 2.52. The fourth-order valence-electron chi connectivity index (χ4n) is 3.95. The molecular formula is C21H24BrN3O2S. The molecule has 148 valence electrons. The van der Waals surface area contributed by atoms with Gasteiger partial charge in [0, 0.05) is 28.0 Å². The van der Waals surface area contributed by atoms with Crippen LogP contribution < -0.4 is 9.47 Å². The molecule has 0 amide bonds. The number of aliphatic imine (C=N–C) groups is 1. The quantitative estimate of drug-likeness (QED) is 0.588. The van der Waals surface area contributed by atoms with Crippen molar-refractivity contribution in [2.24, 2.45) is 4.99 Å². The predicted molar refractivity (Wildman–Crippen MR) is 117 cm³/mol. The fourth-order valence-corrected chi connectivity index (χ4v) is 5.74. The second-order valence-electron chi connectivity index (χ2n) is 6.80. The molecule has 0 saturated carbocycles. The molecule has 5 nitrogen and oxygen atoms in total. The number of methoxy groups -OCH3 is 1. The summed E-state index contributed by atoms with van der Waals surface area (Å²) in [5.74, 6) is 2.59. The Balaban J connectivity index is 1.88. The summed E-state index contributed by atoms with van der Waals surface area (Å²) < 4.78 is 12.7. The molecule has 0 radical (unpaired) electrons. The summed E-state index contributed by atoms with van der Waals surface area (Å²) in [5, 5.41) is 1.11. The van der Waals surface area contributed by atoms with Gasteiger partial charge in [0.25, 0.3) is 0 Å². The number of pyridine rings is 1. The third-order valence-electron chi connectivity index (χ3n) is 5.21. The van der Waals surface area contributed by atoms with E-state index in [-0.39, 0.29) is 12.1 Å². The number of fused-ring (bicyclic) bond motifs is 1. The molecule has 4 rings (SSSR count). The van der Waals surface area contributed by atoms with Crippen molar-refractivity contribution in [3.8, 4) is 11.5 Å². The number of hydrogen-bond acceptors (Lipinski definition) is 6. The Kier molecular flexibility index (Phi) is 5.83. The highest BCUT2D eigenvalue weighted by atomic mass is 79.9. The maximum absolute atomic E-state index is 6.08. The summed E-state index contributed by atoms with van der Waals surface area (Å²) in [5.41, 5.74) is 2.06. The van der Waals surface area contributed by atoms with Gasteiger partial charge in [0.2, 0.25) is 0 Å². The standard InChI is InChI=1S/C21H24BrN3O2S/c1-4-14-12-28-21-24-18(16-8-6-7-9-23-16)19(25(14)21)15-10-13(22)11-17(26-3)20(15)27-5-2/h6-11,14,18-19H,4-5,12H2,1-3H3/t14-,18-,19+/m1/s1. The summed E-state index contributed by atoms with van der Waals surface area (Å²) in [6.45, 7) is 4.81. The van der Waals surface area contributed by atoms with Crippen LogP contribution in [0.2, 0.25) is 0 Å². The Morgan fingerprint density at radius 1 is 1.29 bits per heavy atom. The minimum Gasteiger partial charge on any atom is -0.493 e. The summed E-state index contributed by atoms with van der Waals surface area (Å²) in [6, 6.07) is 10.5. The lowest BCUT2D eigenvalue weighted by Crippen LogP contribution is -2.35. The molecule has 2 aliphatic rings. The molecule has 3 heterocycles. The second-order valence-corrected chi connectivity index (χ2v) is 8.70. The lowest BCUT2D eigenvalue weighted by atomic mass is 9.94. The van der Waals surface area contributed by atoms with Gasteiger partial charge in [0.15, 0.2) is 16.7 Å². The van der Waals surface area contributed by atoms with E-state index in [1.807, 2.05) is 43.1 Å². The van der Waals surface area contributed by atoms with Crippen molar-refractivity contribution < 1.29 is 9.47 Å². The molecule has 1 fully saturated rings.